The third kappa shape index (κ3) is 2.29. The highest BCUT2D eigenvalue weighted by molar-refractivity contribution is 9.10. The highest BCUT2D eigenvalue weighted by Gasteiger charge is 2.16. The van der Waals surface area contributed by atoms with Crippen LogP contribution in [0.15, 0.2) is 53.0 Å². The van der Waals surface area contributed by atoms with E-state index in [-0.39, 0.29) is 5.75 Å². The number of hydrogen-bond donors (Lipinski definition) is 1. The van der Waals surface area contributed by atoms with Gasteiger partial charge in [0.25, 0.3) is 0 Å². The summed E-state index contributed by atoms with van der Waals surface area (Å²) >= 11 is 3.53. The first-order chi connectivity index (χ1) is 10.7. The molecule has 22 heavy (non-hydrogen) atoms. The first-order valence-electron chi connectivity index (χ1n) is 6.79. The van der Waals surface area contributed by atoms with Gasteiger partial charge in [0.05, 0.1) is 19.6 Å². The number of phenols is 1. The lowest BCUT2D eigenvalue weighted by atomic mass is 9.98. The molecule has 0 saturated heterocycles. The number of phenolic OH excluding ortho intramolecular Hbond substituents is 1. The van der Waals surface area contributed by atoms with Crippen LogP contribution in [-0.4, -0.2) is 19.3 Å². The molecule has 3 aromatic carbocycles. The number of halogens is 1. The number of rotatable bonds is 3. The van der Waals surface area contributed by atoms with Crippen molar-refractivity contribution in [1.82, 2.24) is 0 Å². The van der Waals surface area contributed by atoms with Crippen molar-refractivity contribution in [3.63, 3.8) is 0 Å². The number of aromatic hydroxyl groups is 1. The Bertz CT molecular complexity index is 843. The van der Waals surface area contributed by atoms with E-state index in [4.69, 9.17) is 9.47 Å². The second kappa shape index (κ2) is 5.89. The van der Waals surface area contributed by atoms with Crippen LogP contribution in [0.1, 0.15) is 0 Å². The summed E-state index contributed by atoms with van der Waals surface area (Å²) < 4.78 is 11.7. The Kier molecular flexibility index (Phi) is 3.94. The average molecular weight is 359 g/mol. The number of methoxy groups -OCH3 is 2. The van der Waals surface area contributed by atoms with Gasteiger partial charge in [0.1, 0.15) is 17.2 Å². The Morgan fingerprint density at radius 3 is 2.18 bits per heavy atom. The van der Waals surface area contributed by atoms with Crippen molar-refractivity contribution in [2.75, 3.05) is 14.2 Å². The summed E-state index contributed by atoms with van der Waals surface area (Å²) in [4.78, 5) is 0. The second-order valence-corrected chi connectivity index (χ2v) is 5.69. The molecule has 0 aliphatic rings. The van der Waals surface area contributed by atoms with Crippen LogP contribution < -0.4 is 9.47 Å². The van der Waals surface area contributed by atoms with E-state index in [1.165, 1.54) is 0 Å². The molecule has 3 aromatic rings. The van der Waals surface area contributed by atoms with Gasteiger partial charge in [-0.05, 0) is 35.9 Å². The summed E-state index contributed by atoms with van der Waals surface area (Å²) in [6.45, 7) is 0. The zero-order valence-electron chi connectivity index (χ0n) is 12.3. The molecule has 0 saturated carbocycles. The van der Waals surface area contributed by atoms with Crippen molar-refractivity contribution in [3.8, 4) is 28.4 Å². The zero-order chi connectivity index (χ0) is 15.7. The molecule has 3 rings (SSSR count). The molecule has 0 bridgehead atoms. The van der Waals surface area contributed by atoms with Crippen molar-refractivity contribution in [2.24, 2.45) is 0 Å². The number of hydrogen-bond acceptors (Lipinski definition) is 3. The van der Waals surface area contributed by atoms with Gasteiger partial charge < -0.3 is 14.6 Å². The fourth-order valence-electron chi connectivity index (χ4n) is 2.62. The topological polar surface area (TPSA) is 38.7 Å². The summed E-state index contributed by atoms with van der Waals surface area (Å²) in [7, 11) is 3.20. The average Bonchev–Trinajstić information content (AvgIpc) is 2.55. The molecule has 112 valence electrons. The van der Waals surface area contributed by atoms with Crippen molar-refractivity contribution >= 4 is 26.7 Å². The smallest absolute Gasteiger partial charge is 0.135 e. The van der Waals surface area contributed by atoms with Crippen LogP contribution in [0.25, 0.3) is 21.9 Å². The Morgan fingerprint density at radius 2 is 1.50 bits per heavy atom. The maximum absolute atomic E-state index is 10.8. The van der Waals surface area contributed by atoms with Crippen molar-refractivity contribution in [2.45, 2.75) is 0 Å². The molecule has 0 aliphatic heterocycles. The predicted octanol–water partition coefficient (Wildman–Crippen LogP) is 4.99. The van der Waals surface area contributed by atoms with Crippen molar-refractivity contribution in [3.05, 3.63) is 53.0 Å². The first kappa shape index (κ1) is 14.7. The lowest BCUT2D eigenvalue weighted by molar-refractivity contribution is 0.408. The summed E-state index contributed by atoms with van der Waals surface area (Å²) in [5.41, 5.74) is 1.67. The minimum atomic E-state index is 0.181. The van der Waals surface area contributed by atoms with Crippen LogP contribution in [0, 0.1) is 0 Å². The van der Waals surface area contributed by atoms with Gasteiger partial charge in [-0.3, -0.25) is 0 Å². The molecule has 0 atom stereocenters. The molecule has 0 aromatic heterocycles. The Hall–Kier alpha value is -2.20. The van der Waals surface area contributed by atoms with E-state index in [2.05, 4.69) is 15.9 Å². The molecule has 0 fully saturated rings. The number of benzene rings is 3. The fourth-order valence-corrected chi connectivity index (χ4v) is 3.11. The van der Waals surface area contributed by atoms with E-state index >= 15 is 0 Å². The number of ether oxygens (including phenoxy) is 2. The molecule has 0 radical (unpaired) electrons. The Morgan fingerprint density at radius 1 is 0.818 bits per heavy atom. The van der Waals surface area contributed by atoms with Gasteiger partial charge in [-0.15, -0.1) is 0 Å². The maximum Gasteiger partial charge on any atom is 0.135 e. The maximum atomic E-state index is 10.8. The van der Waals surface area contributed by atoms with Gasteiger partial charge >= 0.3 is 0 Å². The first-order valence-corrected chi connectivity index (χ1v) is 7.58. The van der Waals surface area contributed by atoms with Crippen LogP contribution in [0.3, 0.4) is 0 Å². The third-order valence-electron chi connectivity index (χ3n) is 3.68. The van der Waals surface area contributed by atoms with Gasteiger partial charge in [0.2, 0.25) is 0 Å². The molecular formula is C18H15BrO3. The third-order valence-corrected chi connectivity index (χ3v) is 4.37. The minimum Gasteiger partial charge on any atom is -0.507 e. The van der Waals surface area contributed by atoms with E-state index in [1.807, 2.05) is 42.5 Å². The minimum absolute atomic E-state index is 0.181. The van der Waals surface area contributed by atoms with E-state index in [0.29, 0.717) is 16.9 Å². The van der Waals surface area contributed by atoms with E-state index in [9.17, 15) is 5.11 Å². The normalized spacial score (nSPS) is 10.7. The Balaban J connectivity index is 2.36. The molecule has 1 N–H and O–H groups in total. The summed E-state index contributed by atoms with van der Waals surface area (Å²) in [5.74, 6) is 1.49. The van der Waals surface area contributed by atoms with E-state index in [1.54, 1.807) is 20.3 Å². The number of fused-ring (bicyclic) bond motifs is 1. The van der Waals surface area contributed by atoms with Crippen LogP contribution in [0.2, 0.25) is 0 Å². The largest absolute Gasteiger partial charge is 0.507 e. The van der Waals surface area contributed by atoms with Gasteiger partial charge in [0.15, 0.2) is 0 Å². The van der Waals surface area contributed by atoms with Gasteiger partial charge in [0, 0.05) is 15.4 Å². The zero-order valence-corrected chi connectivity index (χ0v) is 13.8. The Labute approximate surface area is 137 Å². The molecular weight excluding hydrogens is 344 g/mol. The monoisotopic (exact) mass is 358 g/mol. The molecule has 3 nitrogen and oxygen atoms in total. The fraction of sp³-hybridized carbons (Fsp3) is 0.111. The highest BCUT2D eigenvalue weighted by Crippen LogP contribution is 2.45. The van der Waals surface area contributed by atoms with Gasteiger partial charge in [-0.1, -0.05) is 34.1 Å². The van der Waals surface area contributed by atoms with Crippen molar-refractivity contribution < 1.29 is 14.6 Å². The molecule has 0 unspecified atom stereocenters. The quantitative estimate of drug-likeness (QED) is 0.716. The molecule has 0 aliphatic carbocycles. The predicted molar refractivity (Wildman–Crippen MR) is 91.9 cm³/mol. The van der Waals surface area contributed by atoms with Crippen molar-refractivity contribution in [1.29, 1.82) is 0 Å². The summed E-state index contributed by atoms with van der Waals surface area (Å²) in [6, 6.07) is 15.2. The highest BCUT2D eigenvalue weighted by atomic mass is 79.9. The SMILES string of the molecule is COc1ccc(OC)c2c(O)c(-c3ccccc3Br)ccc12. The lowest BCUT2D eigenvalue weighted by Crippen LogP contribution is -1.91. The molecule has 0 spiro atoms. The molecule has 0 amide bonds. The molecule has 4 heteroatoms. The van der Waals surface area contributed by atoms with Crippen LogP contribution in [0.4, 0.5) is 0 Å². The second-order valence-electron chi connectivity index (χ2n) is 4.83. The summed E-state index contributed by atoms with van der Waals surface area (Å²) in [5, 5.41) is 12.3. The summed E-state index contributed by atoms with van der Waals surface area (Å²) in [6.07, 6.45) is 0. The van der Waals surface area contributed by atoms with E-state index in [0.717, 1.165) is 21.0 Å². The standard InChI is InChI=1S/C18H15BrO3/c1-21-15-9-10-16(22-2)17-13(15)8-7-12(18(17)20)11-5-3-4-6-14(11)19/h3-10,20H,1-2H3. The lowest BCUT2D eigenvalue weighted by Gasteiger charge is -2.14. The van der Waals surface area contributed by atoms with Gasteiger partial charge in [-0.25, -0.2) is 0 Å². The van der Waals surface area contributed by atoms with Crippen LogP contribution >= 0.6 is 15.9 Å². The van der Waals surface area contributed by atoms with Crippen LogP contribution in [0.5, 0.6) is 17.2 Å². The van der Waals surface area contributed by atoms with E-state index < -0.39 is 0 Å². The van der Waals surface area contributed by atoms with Crippen LogP contribution in [-0.2, 0) is 0 Å². The molecule has 0 heterocycles. The van der Waals surface area contributed by atoms with Gasteiger partial charge in [-0.2, -0.15) is 0 Å².